The van der Waals surface area contributed by atoms with Crippen LogP contribution in [0.2, 0.25) is 0 Å². The molecule has 1 spiro atoms. The van der Waals surface area contributed by atoms with E-state index < -0.39 is 22.0 Å². The maximum atomic E-state index is 13.3. The van der Waals surface area contributed by atoms with Gasteiger partial charge in [0.25, 0.3) is 5.91 Å². The van der Waals surface area contributed by atoms with Crippen molar-refractivity contribution < 1.29 is 18.0 Å². The number of nitrogens with zero attached hydrogens (tertiary/aromatic N) is 1. The molecule has 0 bridgehead atoms. The van der Waals surface area contributed by atoms with Crippen molar-refractivity contribution in [1.82, 2.24) is 15.2 Å². The SMILES string of the molecule is O=C(Cc1ccccc1)NNC(=O)[C@@H]1CC2(CN1S(=O)(=O)c1ccccc1)SCCS2. The summed E-state index contributed by atoms with van der Waals surface area (Å²) in [5.74, 6) is 0.957. The van der Waals surface area contributed by atoms with Gasteiger partial charge in [-0.05, 0) is 24.1 Å². The highest BCUT2D eigenvalue weighted by atomic mass is 32.2. The summed E-state index contributed by atoms with van der Waals surface area (Å²) in [6, 6.07) is 16.4. The van der Waals surface area contributed by atoms with Gasteiger partial charge in [-0.3, -0.25) is 20.4 Å². The van der Waals surface area contributed by atoms with Crippen molar-refractivity contribution in [3.05, 3.63) is 66.2 Å². The Labute approximate surface area is 190 Å². The molecule has 164 valence electrons. The highest BCUT2D eigenvalue weighted by molar-refractivity contribution is 8.21. The molecular formula is C21H23N3O4S3. The quantitative estimate of drug-likeness (QED) is 0.640. The lowest BCUT2D eigenvalue weighted by molar-refractivity contribution is -0.130. The molecule has 2 fully saturated rings. The number of carbonyl (C=O) groups excluding carboxylic acids is 2. The van der Waals surface area contributed by atoms with Gasteiger partial charge in [0.05, 0.1) is 15.4 Å². The second-order valence-corrected chi connectivity index (χ2v) is 12.5. The lowest BCUT2D eigenvalue weighted by Crippen LogP contribution is -2.51. The summed E-state index contributed by atoms with van der Waals surface area (Å²) >= 11 is 3.41. The molecule has 0 unspecified atom stereocenters. The third kappa shape index (κ3) is 4.92. The van der Waals surface area contributed by atoms with Crippen LogP contribution in [0, 0.1) is 0 Å². The van der Waals surface area contributed by atoms with Crippen LogP contribution in [-0.2, 0) is 26.0 Å². The smallest absolute Gasteiger partial charge is 0.256 e. The third-order valence-electron chi connectivity index (χ3n) is 5.25. The molecule has 0 saturated carbocycles. The minimum atomic E-state index is -3.85. The molecule has 31 heavy (non-hydrogen) atoms. The Morgan fingerprint density at radius 2 is 1.58 bits per heavy atom. The van der Waals surface area contributed by atoms with Crippen molar-refractivity contribution in [3.63, 3.8) is 0 Å². The van der Waals surface area contributed by atoms with E-state index in [2.05, 4.69) is 10.9 Å². The van der Waals surface area contributed by atoms with E-state index in [0.29, 0.717) is 6.42 Å². The van der Waals surface area contributed by atoms with Gasteiger partial charge in [-0.1, -0.05) is 48.5 Å². The van der Waals surface area contributed by atoms with Crippen molar-refractivity contribution >= 4 is 45.4 Å². The number of thioether (sulfide) groups is 2. The Bertz CT molecular complexity index is 1040. The largest absolute Gasteiger partial charge is 0.273 e. The molecule has 0 aromatic heterocycles. The van der Waals surface area contributed by atoms with Gasteiger partial charge in [0.1, 0.15) is 6.04 Å². The van der Waals surface area contributed by atoms with Crippen molar-refractivity contribution in [3.8, 4) is 0 Å². The van der Waals surface area contributed by atoms with Gasteiger partial charge in [0, 0.05) is 18.1 Å². The first-order valence-corrected chi connectivity index (χ1v) is 13.3. The number of hydrazine groups is 1. The van der Waals surface area contributed by atoms with Crippen LogP contribution in [0.3, 0.4) is 0 Å². The van der Waals surface area contributed by atoms with Crippen LogP contribution in [0.15, 0.2) is 65.6 Å². The first kappa shape index (κ1) is 22.2. The van der Waals surface area contributed by atoms with Crippen LogP contribution in [0.4, 0.5) is 0 Å². The molecular weight excluding hydrogens is 454 g/mol. The zero-order valence-electron chi connectivity index (χ0n) is 16.7. The number of hydrogen-bond acceptors (Lipinski definition) is 6. The van der Waals surface area contributed by atoms with Gasteiger partial charge in [0.15, 0.2) is 0 Å². The van der Waals surface area contributed by atoms with Crippen LogP contribution in [0.25, 0.3) is 0 Å². The average Bonchev–Trinajstić information content (AvgIpc) is 3.41. The number of sulfonamides is 1. The van der Waals surface area contributed by atoms with Crippen LogP contribution in [0.5, 0.6) is 0 Å². The normalized spacial score (nSPS) is 20.6. The van der Waals surface area contributed by atoms with E-state index in [-0.39, 0.29) is 27.8 Å². The van der Waals surface area contributed by atoms with Crippen LogP contribution >= 0.6 is 23.5 Å². The predicted molar refractivity (Wildman–Crippen MR) is 123 cm³/mol. The Morgan fingerprint density at radius 3 is 2.23 bits per heavy atom. The minimum absolute atomic E-state index is 0.119. The number of rotatable bonds is 5. The summed E-state index contributed by atoms with van der Waals surface area (Å²) in [6.07, 6.45) is 0.516. The van der Waals surface area contributed by atoms with E-state index in [1.807, 2.05) is 30.3 Å². The van der Waals surface area contributed by atoms with E-state index in [1.165, 1.54) is 16.4 Å². The summed E-state index contributed by atoms with van der Waals surface area (Å²) in [4.78, 5) is 25.4. The Kier molecular flexibility index (Phi) is 6.61. The fraction of sp³-hybridized carbons (Fsp3) is 0.333. The lowest BCUT2D eigenvalue weighted by Gasteiger charge is -2.23. The molecule has 4 rings (SSSR count). The molecule has 2 aliphatic rings. The monoisotopic (exact) mass is 477 g/mol. The molecule has 2 aliphatic heterocycles. The molecule has 0 aliphatic carbocycles. The molecule has 2 heterocycles. The van der Waals surface area contributed by atoms with Gasteiger partial charge >= 0.3 is 0 Å². The maximum absolute atomic E-state index is 13.3. The van der Waals surface area contributed by atoms with E-state index in [1.54, 1.807) is 41.7 Å². The molecule has 2 saturated heterocycles. The van der Waals surface area contributed by atoms with Gasteiger partial charge < -0.3 is 0 Å². The number of hydrogen-bond donors (Lipinski definition) is 2. The van der Waals surface area contributed by atoms with E-state index in [9.17, 15) is 18.0 Å². The molecule has 0 radical (unpaired) electrons. The van der Waals surface area contributed by atoms with Gasteiger partial charge in [-0.25, -0.2) is 8.42 Å². The van der Waals surface area contributed by atoms with Crippen LogP contribution < -0.4 is 10.9 Å². The summed E-state index contributed by atoms with van der Waals surface area (Å²) in [6.45, 7) is 0.260. The van der Waals surface area contributed by atoms with E-state index in [4.69, 9.17) is 0 Å². The zero-order valence-corrected chi connectivity index (χ0v) is 19.1. The number of nitrogens with one attached hydrogen (secondary N) is 2. The second kappa shape index (κ2) is 9.23. The number of amides is 2. The standard InChI is InChI=1S/C21H23N3O4S3/c25-19(13-16-7-3-1-4-8-16)22-23-20(26)18-14-21(29-11-12-30-21)15-24(18)31(27,28)17-9-5-2-6-10-17/h1-10,18H,11-15H2,(H,22,25)(H,23,26)/t18-/m0/s1. The summed E-state index contributed by atoms with van der Waals surface area (Å²) < 4.78 is 27.6. The molecule has 2 aromatic carbocycles. The van der Waals surface area contributed by atoms with Crippen molar-refractivity contribution in [1.29, 1.82) is 0 Å². The fourth-order valence-electron chi connectivity index (χ4n) is 3.76. The minimum Gasteiger partial charge on any atom is -0.273 e. The summed E-state index contributed by atoms with van der Waals surface area (Å²) in [5.41, 5.74) is 5.69. The van der Waals surface area contributed by atoms with Gasteiger partial charge in [-0.2, -0.15) is 4.31 Å². The first-order valence-electron chi connectivity index (χ1n) is 9.87. The van der Waals surface area contributed by atoms with Gasteiger partial charge in [-0.15, -0.1) is 23.5 Å². The van der Waals surface area contributed by atoms with Crippen LogP contribution in [0.1, 0.15) is 12.0 Å². The average molecular weight is 478 g/mol. The third-order valence-corrected chi connectivity index (χ3v) is 10.5. The first-order chi connectivity index (χ1) is 14.9. The van der Waals surface area contributed by atoms with Crippen molar-refractivity contribution in [2.24, 2.45) is 0 Å². The number of benzene rings is 2. The van der Waals surface area contributed by atoms with E-state index >= 15 is 0 Å². The van der Waals surface area contributed by atoms with Crippen molar-refractivity contribution in [2.75, 3.05) is 18.1 Å². The molecule has 1 atom stereocenters. The molecule has 2 amide bonds. The topological polar surface area (TPSA) is 95.6 Å². The summed E-state index contributed by atoms with van der Waals surface area (Å²) in [5, 5.41) is 0. The van der Waals surface area contributed by atoms with Crippen molar-refractivity contribution in [2.45, 2.75) is 27.9 Å². The Morgan fingerprint density at radius 1 is 0.968 bits per heavy atom. The Balaban J connectivity index is 1.48. The second-order valence-electron chi connectivity index (χ2n) is 7.39. The molecule has 7 nitrogen and oxygen atoms in total. The zero-order chi connectivity index (χ0) is 21.9. The Hall–Kier alpha value is -2.01. The molecule has 10 heteroatoms. The van der Waals surface area contributed by atoms with Crippen LogP contribution in [-0.4, -0.2) is 52.7 Å². The van der Waals surface area contributed by atoms with Gasteiger partial charge in [0.2, 0.25) is 15.9 Å². The fourth-order valence-corrected chi connectivity index (χ4v) is 8.85. The molecule has 2 aromatic rings. The van der Waals surface area contributed by atoms with E-state index in [0.717, 1.165) is 17.1 Å². The number of carbonyl (C=O) groups is 2. The summed E-state index contributed by atoms with van der Waals surface area (Å²) in [7, 11) is -3.85. The highest BCUT2D eigenvalue weighted by Crippen LogP contribution is 2.52. The molecule has 2 N–H and O–H groups in total. The maximum Gasteiger partial charge on any atom is 0.256 e. The predicted octanol–water partition coefficient (Wildman–Crippen LogP) is 2.02. The lowest BCUT2D eigenvalue weighted by atomic mass is 10.1. The highest BCUT2D eigenvalue weighted by Gasteiger charge is 2.53.